The van der Waals surface area contributed by atoms with E-state index in [4.69, 9.17) is 33.7 Å². The molecule has 1 atom stereocenters. The number of rotatable bonds is 6. The summed E-state index contributed by atoms with van der Waals surface area (Å²) in [6, 6.07) is 6.63. The minimum absolute atomic E-state index is 0.0440. The first-order chi connectivity index (χ1) is 14.7. The first-order valence-electron chi connectivity index (χ1n) is 9.16. The van der Waals surface area contributed by atoms with Crippen LogP contribution in [0.25, 0.3) is 0 Å². The Morgan fingerprint density at radius 3 is 2.74 bits per heavy atom. The highest BCUT2D eigenvalue weighted by Gasteiger charge is 2.21. The third-order valence-corrected chi connectivity index (χ3v) is 5.10. The van der Waals surface area contributed by atoms with E-state index in [0.29, 0.717) is 12.2 Å². The lowest BCUT2D eigenvalue weighted by Crippen LogP contribution is -2.20. The van der Waals surface area contributed by atoms with Crippen molar-refractivity contribution in [3.05, 3.63) is 74.0 Å². The van der Waals surface area contributed by atoms with E-state index in [2.05, 4.69) is 15.5 Å². The van der Waals surface area contributed by atoms with E-state index in [1.54, 1.807) is 13.8 Å². The van der Waals surface area contributed by atoms with Gasteiger partial charge in [0.15, 0.2) is 17.3 Å². The number of hydrogen-bond acceptors (Lipinski definition) is 6. The number of aryl methyl sites for hydroxylation is 1. The van der Waals surface area contributed by atoms with Gasteiger partial charge in [-0.2, -0.15) is 0 Å². The van der Waals surface area contributed by atoms with Crippen molar-refractivity contribution in [2.24, 2.45) is 0 Å². The zero-order valence-electron chi connectivity index (χ0n) is 16.5. The van der Waals surface area contributed by atoms with Gasteiger partial charge in [-0.05, 0) is 32.0 Å². The van der Waals surface area contributed by atoms with E-state index in [1.807, 2.05) is 0 Å². The van der Waals surface area contributed by atoms with Crippen LogP contribution < -0.4 is 21.3 Å². The first-order valence-corrected chi connectivity index (χ1v) is 9.92. The van der Waals surface area contributed by atoms with Crippen LogP contribution in [0, 0.1) is 5.82 Å². The number of amides is 1. The zero-order valence-corrected chi connectivity index (χ0v) is 18.0. The number of nitrogens with two attached hydrogens (primary N) is 1. The number of nitrogen functional groups attached to an aromatic ring is 1. The Balaban J connectivity index is 1.84. The quantitative estimate of drug-likeness (QED) is 0.530. The van der Waals surface area contributed by atoms with Gasteiger partial charge >= 0.3 is 0 Å². The SMILES string of the molecule is CCn1cc(NC(=O)c2cc(OC(C)c3c(Cl)ccc(F)c3Cl)c(N)nn2)ccc1=O. The second kappa shape index (κ2) is 9.32. The summed E-state index contributed by atoms with van der Waals surface area (Å²) in [5.74, 6) is -1.27. The highest BCUT2D eigenvalue weighted by Crippen LogP contribution is 2.35. The molecular formula is C20H18Cl2FN5O3. The van der Waals surface area contributed by atoms with Gasteiger partial charge in [-0.3, -0.25) is 9.59 Å². The Morgan fingerprint density at radius 2 is 2.03 bits per heavy atom. The Labute approximate surface area is 186 Å². The fourth-order valence-electron chi connectivity index (χ4n) is 2.80. The number of halogens is 3. The third kappa shape index (κ3) is 4.95. The molecule has 0 spiro atoms. The van der Waals surface area contributed by atoms with Crippen LogP contribution in [-0.4, -0.2) is 20.7 Å². The van der Waals surface area contributed by atoms with Crippen LogP contribution in [0.3, 0.4) is 0 Å². The maximum absolute atomic E-state index is 13.8. The molecule has 3 N–H and O–H groups in total. The van der Waals surface area contributed by atoms with Crippen molar-refractivity contribution in [3.63, 3.8) is 0 Å². The molecule has 31 heavy (non-hydrogen) atoms. The summed E-state index contributed by atoms with van der Waals surface area (Å²) in [4.78, 5) is 24.3. The van der Waals surface area contributed by atoms with Crippen molar-refractivity contribution in [2.45, 2.75) is 26.5 Å². The number of ether oxygens (including phenoxy) is 1. The van der Waals surface area contributed by atoms with Gasteiger partial charge in [-0.15, -0.1) is 10.2 Å². The largest absolute Gasteiger partial charge is 0.482 e. The van der Waals surface area contributed by atoms with Crippen LogP contribution in [0.1, 0.15) is 36.0 Å². The van der Waals surface area contributed by atoms with Crippen molar-refractivity contribution in [3.8, 4) is 5.75 Å². The molecule has 0 aliphatic rings. The van der Waals surface area contributed by atoms with Crippen LogP contribution >= 0.6 is 23.2 Å². The lowest BCUT2D eigenvalue weighted by Gasteiger charge is -2.19. The molecule has 1 amide bonds. The summed E-state index contributed by atoms with van der Waals surface area (Å²) in [7, 11) is 0. The topological polar surface area (TPSA) is 112 Å². The highest BCUT2D eigenvalue weighted by molar-refractivity contribution is 6.36. The summed E-state index contributed by atoms with van der Waals surface area (Å²) in [5.41, 5.74) is 6.18. The van der Waals surface area contributed by atoms with E-state index in [-0.39, 0.29) is 38.4 Å². The van der Waals surface area contributed by atoms with Crippen molar-refractivity contribution >= 4 is 40.6 Å². The number of benzene rings is 1. The number of hydrogen-bond donors (Lipinski definition) is 2. The molecule has 0 fully saturated rings. The molecule has 1 aromatic carbocycles. The summed E-state index contributed by atoms with van der Waals surface area (Å²) in [5, 5.41) is 10.2. The van der Waals surface area contributed by atoms with Gasteiger partial charge in [0.1, 0.15) is 11.9 Å². The molecule has 2 aromatic heterocycles. The molecular weight excluding hydrogens is 448 g/mol. The van der Waals surface area contributed by atoms with Gasteiger partial charge in [-0.25, -0.2) is 4.39 Å². The molecule has 3 aromatic rings. The predicted octanol–water partition coefficient (Wildman–Crippen LogP) is 4.08. The summed E-state index contributed by atoms with van der Waals surface area (Å²) in [6.07, 6.45) is 0.713. The summed E-state index contributed by atoms with van der Waals surface area (Å²) >= 11 is 12.2. The second-order valence-corrected chi connectivity index (χ2v) is 7.28. The molecule has 0 aliphatic carbocycles. The molecule has 3 rings (SSSR count). The minimum atomic E-state index is -0.800. The third-order valence-electron chi connectivity index (χ3n) is 4.39. The van der Waals surface area contributed by atoms with Gasteiger partial charge in [-0.1, -0.05) is 23.2 Å². The molecule has 2 heterocycles. The van der Waals surface area contributed by atoms with E-state index in [0.717, 1.165) is 6.07 Å². The minimum Gasteiger partial charge on any atom is -0.482 e. The smallest absolute Gasteiger partial charge is 0.276 e. The Bertz CT molecular complexity index is 1200. The molecule has 0 saturated carbocycles. The van der Waals surface area contributed by atoms with Gasteiger partial charge in [0.25, 0.3) is 11.5 Å². The van der Waals surface area contributed by atoms with Crippen molar-refractivity contribution in [1.29, 1.82) is 0 Å². The lowest BCUT2D eigenvalue weighted by atomic mass is 10.1. The van der Waals surface area contributed by atoms with Crippen LogP contribution in [0.4, 0.5) is 15.9 Å². The summed E-state index contributed by atoms with van der Waals surface area (Å²) < 4.78 is 21.0. The van der Waals surface area contributed by atoms with E-state index >= 15 is 0 Å². The van der Waals surface area contributed by atoms with E-state index in [1.165, 1.54) is 35.0 Å². The maximum atomic E-state index is 13.8. The molecule has 0 aliphatic heterocycles. The van der Waals surface area contributed by atoms with Crippen molar-refractivity contribution in [2.75, 3.05) is 11.1 Å². The molecule has 8 nitrogen and oxygen atoms in total. The first kappa shape index (κ1) is 22.5. The number of pyridine rings is 1. The average Bonchev–Trinajstić information content (AvgIpc) is 2.74. The van der Waals surface area contributed by atoms with Crippen molar-refractivity contribution in [1.82, 2.24) is 14.8 Å². The van der Waals surface area contributed by atoms with Crippen LogP contribution in [0.2, 0.25) is 10.0 Å². The lowest BCUT2D eigenvalue weighted by molar-refractivity contribution is 0.102. The summed E-state index contributed by atoms with van der Waals surface area (Å²) in [6.45, 7) is 3.85. The Hall–Kier alpha value is -3.17. The standard InChI is InChI=1S/C20H18Cl2FN5O3/c1-3-28-9-11(4-7-16(28)29)25-20(30)14-8-15(19(24)27-26-14)31-10(2)17-12(21)5-6-13(23)18(17)22/h4-10H,3H2,1-2H3,(H2,24,27)(H,25,30). The van der Waals surface area contributed by atoms with Gasteiger partial charge in [0, 0.05) is 35.5 Å². The molecule has 0 radical (unpaired) electrons. The Morgan fingerprint density at radius 1 is 1.29 bits per heavy atom. The number of anilines is 2. The number of nitrogens with zero attached hydrogens (tertiary/aromatic N) is 3. The number of nitrogens with one attached hydrogen (secondary N) is 1. The Kier molecular flexibility index (Phi) is 6.77. The predicted molar refractivity (Wildman–Crippen MR) is 116 cm³/mol. The number of aromatic nitrogens is 3. The monoisotopic (exact) mass is 465 g/mol. The molecule has 162 valence electrons. The van der Waals surface area contributed by atoms with Crippen LogP contribution in [0.5, 0.6) is 5.75 Å². The molecule has 1 unspecified atom stereocenters. The fourth-order valence-corrected chi connectivity index (χ4v) is 3.48. The highest BCUT2D eigenvalue weighted by atomic mass is 35.5. The number of carbonyl (C=O) groups is 1. The molecule has 0 bridgehead atoms. The normalized spacial score (nSPS) is 11.8. The average molecular weight is 466 g/mol. The van der Waals surface area contributed by atoms with E-state index < -0.39 is 17.8 Å². The number of carbonyl (C=O) groups excluding carboxylic acids is 1. The van der Waals surface area contributed by atoms with Crippen LogP contribution in [-0.2, 0) is 6.54 Å². The van der Waals surface area contributed by atoms with Crippen LogP contribution in [0.15, 0.2) is 41.3 Å². The maximum Gasteiger partial charge on any atom is 0.276 e. The van der Waals surface area contributed by atoms with E-state index in [9.17, 15) is 14.0 Å². The van der Waals surface area contributed by atoms with Gasteiger partial charge in [0.2, 0.25) is 0 Å². The molecule has 0 saturated heterocycles. The second-order valence-electron chi connectivity index (χ2n) is 6.49. The van der Waals surface area contributed by atoms with Gasteiger partial charge in [0.05, 0.1) is 10.7 Å². The fraction of sp³-hybridized carbons (Fsp3) is 0.200. The zero-order chi connectivity index (χ0) is 22.7. The van der Waals surface area contributed by atoms with Gasteiger partial charge < -0.3 is 20.4 Å². The molecule has 11 heteroatoms. The van der Waals surface area contributed by atoms with Crippen molar-refractivity contribution < 1.29 is 13.9 Å².